The lowest BCUT2D eigenvalue weighted by molar-refractivity contribution is 0.0648. The minimum absolute atomic E-state index is 0.0727. The van der Waals surface area contributed by atoms with E-state index in [1.165, 1.54) is 5.56 Å². The first-order valence-corrected chi connectivity index (χ1v) is 9.99. The first kappa shape index (κ1) is 18.5. The number of para-hydroxylation sites is 1. The molecule has 3 aromatic rings. The summed E-state index contributed by atoms with van der Waals surface area (Å²) in [5, 5.41) is 3.83. The Bertz CT molecular complexity index is 884. The zero-order chi connectivity index (χ0) is 18.5. The lowest BCUT2D eigenvalue weighted by Gasteiger charge is -2.09. The fourth-order valence-electron chi connectivity index (χ4n) is 2.71. The zero-order valence-electron chi connectivity index (χ0n) is 15.2. The molecule has 1 N–H and O–H groups in total. The fourth-order valence-corrected chi connectivity index (χ4v) is 3.24. The summed E-state index contributed by atoms with van der Waals surface area (Å²) in [5.41, 5.74) is 3.45. The van der Waals surface area contributed by atoms with Crippen molar-refractivity contribution in [2.75, 3.05) is 11.6 Å². The molecule has 5 heteroatoms. The van der Waals surface area contributed by atoms with Gasteiger partial charge in [0, 0.05) is 22.4 Å². The average molecular weight is 369 g/mol. The van der Waals surface area contributed by atoms with Crippen LogP contribution < -0.4 is 5.32 Å². The number of carbonyl (C=O) groups is 1. The van der Waals surface area contributed by atoms with E-state index in [9.17, 15) is 4.79 Å². The average Bonchev–Trinajstić information content (AvgIpc) is 3.00. The maximum absolute atomic E-state index is 12.8. The summed E-state index contributed by atoms with van der Waals surface area (Å²) >= 11 is 1.77. The quantitative estimate of drug-likeness (QED) is 0.600. The molecule has 0 fully saturated rings. The Morgan fingerprint density at radius 2 is 1.88 bits per heavy atom. The Hall–Kier alpha value is -2.24. The van der Waals surface area contributed by atoms with Gasteiger partial charge in [-0.15, -0.1) is 0 Å². The molecule has 0 atom stereocenters. The molecule has 1 amide bonds. The third-order valence-electron chi connectivity index (χ3n) is 3.99. The molecule has 136 valence electrons. The monoisotopic (exact) mass is 369 g/mol. The van der Waals surface area contributed by atoms with E-state index in [1.807, 2.05) is 62.4 Å². The second kappa shape index (κ2) is 8.43. The summed E-state index contributed by atoms with van der Waals surface area (Å²) in [6, 6.07) is 15.5. The summed E-state index contributed by atoms with van der Waals surface area (Å²) in [5.74, 6) is 0.996. The number of benzene rings is 2. The standard InChI is InChI=1S/C21H23NO3S/c1-14(2)24-12-18-17-6-4-5-7-19(17)25-20(18)21(23)22-16-10-8-15(9-11-16)13-26-3/h4-11,14H,12-13H2,1-3H3,(H,22,23). The number of fused-ring (bicyclic) bond motifs is 1. The van der Waals surface area contributed by atoms with Crippen molar-refractivity contribution >= 4 is 34.3 Å². The number of ether oxygens (including phenoxy) is 1. The van der Waals surface area contributed by atoms with Gasteiger partial charge in [0.2, 0.25) is 0 Å². The van der Waals surface area contributed by atoms with Gasteiger partial charge in [-0.25, -0.2) is 0 Å². The predicted octanol–water partition coefficient (Wildman–Crippen LogP) is 5.47. The summed E-state index contributed by atoms with van der Waals surface area (Å²) in [6.45, 7) is 4.28. The van der Waals surface area contributed by atoms with Gasteiger partial charge in [-0.3, -0.25) is 4.79 Å². The molecule has 0 saturated carbocycles. The first-order valence-electron chi connectivity index (χ1n) is 8.59. The Morgan fingerprint density at radius 3 is 2.58 bits per heavy atom. The maximum Gasteiger partial charge on any atom is 0.291 e. The van der Waals surface area contributed by atoms with Crippen molar-refractivity contribution in [3.8, 4) is 0 Å². The molecule has 26 heavy (non-hydrogen) atoms. The van der Waals surface area contributed by atoms with Crippen LogP contribution in [0.4, 0.5) is 5.69 Å². The van der Waals surface area contributed by atoms with E-state index in [4.69, 9.17) is 9.15 Å². The van der Waals surface area contributed by atoms with E-state index >= 15 is 0 Å². The smallest absolute Gasteiger partial charge is 0.291 e. The van der Waals surface area contributed by atoms with E-state index in [0.29, 0.717) is 18.0 Å². The molecule has 1 heterocycles. The summed E-state index contributed by atoms with van der Waals surface area (Å²) < 4.78 is 11.6. The predicted molar refractivity (Wildman–Crippen MR) is 108 cm³/mol. The summed E-state index contributed by atoms with van der Waals surface area (Å²) in [7, 11) is 0. The Morgan fingerprint density at radius 1 is 1.15 bits per heavy atom. The van der Waals surface area contributed by atoms with Crippen LogP contribution >= 0.6 is 11.8 Å². The fraction of sp³-hybridized carbons (Fsp3) is 0.286. The van der Waals surface area contributed by atoms with Crippen LogP contribution in [0.25, 0.3) is 11.0 Å². The summed E-state index contributed by atoms with van der Waals surface area (Å²) in [6.07, 6.45) is 2.14. The van der Waals surface area contributed by atoms with E-state index < -0.39 is 0 Å². The largest absolute Gasteiger partial charge is 0.451 e. The normalized spacial score (nSPS) is 11.2. The van der Waals surface area contributed by atoms with Gasteiger partial charge in [0.25, 0.3) is 5.91 Å². The second-order valence-corrected chi connectivity index (χ2v) is 7.22. The molecule has 0 bridgehead atoms. The van der Waals surface area contributed by atoms with Crippen molar-refractivity contribution in [3.63, 3.8) is 0 Å². The number of hydrogen-bond donors (Lipinski definition) is 1. The molecule has 0 aliphatic carbocycles. The van der Waals surface area contributed by atoms with Gasteiger partial charge in [-0.05, 0) is 43.9 Å². The van der Waals surface area contributed by atoms with Crippen molar-refractivity contribution < 1.29 is 13.9 Å². The number of hydrogen-bond acceptors (Lipinski definition) is 4. The van der Waals surface area contributed by atoms with Crippen molar-refractivity contribution in [1.82, 2.24) is 0 Å². The van der Waals surface area contributed by atoms with E-state index in [2.05, 4.69) is 11.6 Å². The maximum atomic E-state index is 12.8. The van der Waals surface area contributed by atoms with Crippen molar-refractivity contribution in [3.05, 3.63) is 65.4 Å². The van der Waals surface area contributed by atoms with Crippen LogP contribution in [-0.2, 0) is 17.1 Å². The van der Waals surface area contributed by atoms with Crippen LogP contribution in [0.2, 0.25) is 0 Å². The number of amides is 1. The van der Waals surface area contributed by atoms with Gasteiger partial charge >= 0.3 is 0 Å². The molecule has 1 aromatic heterocycles. The number of rotatable bonds is 7. The highest BCUT2D eigenvalue weighted by atomic mass is 32.2. The molecule has 0 unspecified atom stereocenters. The first-order chi connectivity index (χ1) is 12.6. The van der Waals surface area contributed by atoms with Gasteiger partial charge in [-0.2, -0.15) is 11.8 Å². The lowest BCUT2D eigenvalue weighted by atomic mass is 10.1. The van der Waals surface area contributed by atoms with Crippen LogP contribution in [0, 0.1) is 0 Å². The van der Waals surface area contributed by atoms with E-state index in [-0.39, 0.29) is 12.0 Å². The topological polar surface area (TPSA) is 51.5 Å². The minimum atomic E-state index is -0.263. The molecular formula is C21H23NO3S. The van der Waals surface area contributed by atoms with Crippen LogP contribution in [0.1, 0.15) is 35.5 Å². The number of furan rings is 1. The van der Waals surface area contributed by atoms with Gasteiger partial charge in [0.1, 0.15) is 5.58 Å². The lowest BCUT2D eigenvalue weighted by Crippen LogP contribution is -2.14. The highest BCUT2D eigenvalue weighted by Gasteiger charge is 2.21. The Kier molecular flexibility index (Phi) is 6.01. The summed E-state index contributed by atoms with van der Waals surface area (Å²) in [4.78, 5) is 12.8. The molecule has 3 rings (SSSR count). The third kappa shape index (κ3) is 4.29. The number of carbonyl (C=O) groups excluding carboxylic acids is 1. The molecule has 0 spiro atoms. The van der Waals surface area contributed by atoms with Gasteiger partial charge < -0.3 is 14.5 Å². The van der Waals surface area contributed by atoms with Crippen molar-refractivity contribution in [2.45, 2.75) is 32.3 Å². The molecule has 4 nitrogen and oxygen atoms in total. The molecule has 2 aromatic carbocycles. The Labute approximate surface area is 157 Å². The molecule has 0 aliphatic heterocycles. The third-order valence-corrected chi connectivity index (χ3v) is 4.61. The van der Waals surface area contributed by atoms with Crippen molar-refractivity contribution in [1.29, 1.82) is 0 Å². The van der Waals surface area contributed by atoms with Crippen LogP contribution in [0.15, 0.2) is 52.9 Å². The Balaban J connectivity index is 1.85. The van der Waals surface area contributed by atoms with Gasteiger partial charge in [-0.1, -0.05) is 30.3 Å². The number of nitrogens with one attached hydrogen (secondary N) is 1. The SMILES string of the molecule is CSCc1ccc(NC(=O)c2oc3ccccc3c2COC(C)C)cc1. The minimum Gasteiger partial charge on any atom is -0.451 e. The van der Waals surface area contributed by atoms with Crippen LogP contribution in [0.3, 0.4) is 0 Å². The van der Waals surface area contributed by atoms with E-state index in [0.717, 1.165) is 22.4 Å². The van der Waals surface area contributed by atoms with Crippen molar-refractivity contribution in [2.24, 2.45) is 0 Å². The van der Waals surface area contributed by atoms with Gasteiger partial charge in [0.05, 0.1) is 12.7 Å². The zero-order valence-corrected chi connectivity index (χ0v) is 16.1. The van der Waals surface area contributed by atoms with Crippen LogP contribution in [0.5, 0.6) is 0 Å². The molecule has 0 aliphatic rings. The van der Waals surface area contributed by atoms with E-state index in [1.54, 1.807) is 11.8 Å². The molecule has 0 saturated heterocycles. The highest BCUT2D eigenvalue weighted by Crippen LogP contribution is 2.28. The number of thioether (sulfide) groups is 1. The molecular weight excluding hydrogens is 346 g/mol. The highest BCUT2D eigenvalue weighted by molar-refractivity contribution is 7.97. The number of anilines is 1. The van der Waals surface area contributed by atoms with Crippen LogP contribution in [-0.4, -0.2) is 18.3 Å². The van der Waals surface area contributed by atoms with Gasteiger partial charge in [0.15, 0.2) is 5.76 Å². The second-order valence-electron chi connectivity index (χ2n) is 6.35. The molecule has 0 radical (unpaired) electrons.